The van der Waals surface area contributed by atoms with Gasteiger partial charge in [-0.1, -0.05) is 36.4 Å². The Morgan fingerprint density at radius 1 is 1.12 bits per heavy atom. The first-order chi connectivity index (χ1) is 11.7. The summed E-state index contributed by atoms with van der Waals surface area (Å²) in [6.07, 6.45) is 3.42. The van der Waals surface area contributed by atoms with E-state index in [1.54, 1.807) is 23.1 Å². The molecule has 0 unspecified atom stereocenters. The van der Waals surface area contributed by atoms with Crippen molar-refractivity contribution in [1.82, 2.24) is 15.1 Å². The van der Waals surface area contributed by atoms with Crippen molar-refractivity contribution in [2.24, 2.45) is 0 Å². The SMILES string of the molecule is O=C(N[C@H]1c2ccccc2C[C@@H]1O)c1ccccc1-n1cccn1. The van der Waals surface area contributed by atoms with Gasteiger partial charge in [0.1, 0.15) is 0 Å². The smallest absolute Gasteiger partial charge is 0.254 e. The number of aliphatic hydroxyl groups is 1. The van der Waals surface area contributed by atoms with E-state index in [0.29, 0.717) is 17.7 Å². The molecule has 0 radical (unpaired) electrons. The molecule has 0 aliphatic heterocycles. The maximum atomic E-state index is 12.8. The molecule has 120 valence electrons. The van der Waals surface area contributed by atoms with Gasteiger partial charge in [0.15, 0.2) is 0 Å². The molecule has 2 atom stereocenters. The fraction of sp³-hybridized carbons (Fsp3) is 0.158. The van der Waals surface area contributed by atoms with Crippen LogP contribution in [-0.4, -0.2) is 26.9 Å². The Balaban J connectivity index is 1.64. The standard InChI is InChI=1S/C19H17N3O2/c23-17-12-13-6-1-2-7-14(13)18(17)21-19(24)15-8-3-4-9-16(15)22-11-5-10-20-22/h1-11,17-18,23H,12H2,(H,21,24)/t17-,18-/m0/s1. The van der Waals surface area contributed by atoms with Crippen LogP contribution < -0.4 is 5.32 Å². The van der Waals surface area contributed by atoms with Gasteiger partial charge in [-0.2, -0.15) is 5.10 Å². The van der Waals surface area contributed by atoms with Crippen molar-refractivity contribution in [2.45, 2.75) is 18.6 Å². The van der Waals surface area contributed by atoms with Crippen LogP contribution in [0.1, 0.15) is 27.5 Å². The van der Waals surface area contributed by atoms with E-state index in [9.17, 15) is 9.90 Å². The molecule has 0 saturated carbocycles. The molecule has 1 amide bonds. The molecule has 1 aromatic heterocycles. The van der Waals surface area contributed by atoms with Gasteiger partial charge in [-0.15, -0.1) is 0 Å². The second-order valence-electron chi connectivity index (χ2n) is 5.89. The molecule has 1 heterocycles. The van der Waals surface area contributed by atoms with Crippen molar-refractivity contribution in [2.75, 3.05) is 0 Å². The molecule has 2 N–H and O–H groups in total. The Hall–Kier alpha value is -2.92. The van der Waals surface area contributed by atoms with Crippen LogP contribution in [0.3, 0.4) is 0 Å². The quantitative estimate of drug-likeness (QED) is 0.778. The van der Waals surface area contributed by atoms with Crippen molar-refractivity contribution in [3.63, 3.8) is 0 Å². The first-order valence-electron chi connectivity index (χ1n) is 7.90. The number of benzene rings is 2. The van der Waals surface area contributed by atoms with Gasteiger partial charge in [-0.3, -0.25) is 4.79 Å². The summed E-state index contributed by atoms with van der Waals surface area (Å²) in [5, 5.41) is 17.5. The van der Waals surface area contributed by atoms with Gasteiger partial charge >= 0.3 is 0 Å². The number of para-hydroxylation sites is 1. The summed E-state index contributed by atoms with van der Waals surface area (Å²) in [6.45, 7) is 0. The highest BCUT2D eigenvalue weighted by Gasteiger charge is 2.32. The fourth-order valence-corrected chi connectivity index (χ4v) is 3.24. The number of carbonyl (C=O) groups is 1. The molecule has 1 aliphatic carbocycles. The van der Waals surface area contributed by atoms with Gasteiger partial charge < -0.3 is 10.4 Å². The average molecular weight is 319 g/mol. The Kier molecular flexibility index (Phi) is 3.63. The summed E-state index contributed by atoms with van der Waals surface area (Å²) in [5.41, 5.74) is 3.30. The second-order valence-corrected chi connectivity index (χ2v) is 5.89. The highest BCUT2D eigenvalue weighted by molar-refractivity contribution is 5.98. The zero-order valence-corrected chi connectivity index (χ0v) is 13.0. The van der Waals surface area contributed by atoms with Crippen molar-refractivity contribution in [1.29, 1.82) is 0 Å². The van der Waals surface area contributed by atoms with Crippen LogP contribution in [0.2, 0.25) is 0 Å². The Bertz CT molecular complexity index is 874. The number of rotatable bonds is 3. The molecule has 0 bridgehead atoms. The van der Waals surface area contributed by atoms with E-state index in [2.05, 4.69) is 10.4 Å². The van der Waals surface area contributed by atoms with E-state index in [-0.39, 0.29) is 11.9 Å². The highest BCUT2D eigenvalue weighted by atomic mass is 16.3. The lowest BCUT2D eigenvalue weighted by Crippen LogP contribution is -2.34. The lowest BCUT2D eigenvalue weighted by Gasteiger charge is -2.19. The van der Waals surface area contributed by atoms with E-state index >= 15 is 0 Å². The fourth-order valence-electron chi connectivity index (χ4n) is 3.24. The van der Waals surface area contributed by atoms with Gasteiger partial charge in [0, 0.05) is 18.8 Å². The summed E-state index contributed by atoms with van der Waals surface area (Å²) < 4.78 is 1.66. The highest BCUT2D eigenvalue weighted by Crippen LogP contribution is 2.31. The third-order valence-corrected chi connectivity index (χ3v) is 4.39. The molecular weight excluding hydrogens is 302 g/mol. The minimum absolute atomic E-state index is 0.221. The second kappa shape index (κ2) is 5.94. The summed E-state index contributed by atoms with van der Waals surface area (Å²) in [7, 11) is 0. The van der Waals surface area contributed by atoms with Crippen molar-refractivity contribution >= 4 is 5.91 Å². The summed E-state index contributed by atoms with van der Waals surface area (Å²) >= 11 is 0. The molecule has 3 aromatic rings. The number of aromatic nitrogens is 2. The van der Waals surface area contributed by atoms with Crippen molar-refractivity contribution in [3.05, 3.63) is 83.7 Å². The van der Waals surface area contributed by atoms with Crippen LogP contribution in [0.5, 0.6) is 0 Å². The minimum Gasteiger partial charge on any atom is -0.390 e. The predicted octanol–water partition coefficient (Wildman–Crippen LogP) is 2.26. The van der Waals surface area contributed by atoms with E-state index in [1.807, 2.05) is 48.5 Å². The number of aliphatic hydroxyl groups excluding tert-OH is 1. The molecule has 24 heavy (non-hydrogen) atoms. The topological polar surface area (TPSA) is 67.2 Å². The summed E-state index contributed by atoms with van der Waals surface area (Å²) in [6, 6.07) is 16.5. The number of fused-ring (bicyclic) bond motifs is 1. The molecule has 2 aromatic carbocycles. The van der Waals surface area contributed by atoms with Crippen molar-refractivity contribution in [3.8, 4) is 5.69 Å². The third kappa shape index (κ3) is 2.49. The predicted molar refractivity (Wildman–Crippen MR) is 89.9 cm³/mol. The van der Waals surface area contributed by atoms with E-state index in [4.69, 9.17) is 0 Å². The maximum Gasteiger partial charge on any atom is 0.254 e. The van der Waals surface area contributed by atoms with Crippen LogP contribution in [-0.2, 0) is 6.42 Å². The zero-order chi connectivity index (χ0) is 16.5. The van der Waals surface area contributed by atoms with Gasteiger partial charge in [0.2, 0.25) is 0 Å². The lowest BCUT2D eigenvalue weighted by atomic mass is 10.1. The van der Waals surface area contributed by atoms with Gasteiger partial charge in [-0.25, -0.2) is 4.68 Å². The Morgan fingerprint density at radius 3 is 2.75 bits per heavy atom. The number of amides is 1. The number of nitrogens with zero attached hydrogens (tertiary/aromatic N) is 2. The normalized spacial score (nSPS) is 19.0. The first kappa shape index (κ1) is 14.7. The molecule has 0 fully saturated rings. The number of carbonyl (C=O) groups excluding carboxylic acids is 1. The molecule has 0 saturated heterocycles. The molecule has 0 spiro atoms. The summed E-state index contributed by atoms with van der Waals surface area (Å²) in [5.74, 6) is -0.221. The number of hydrogen-bond donors (Lipinski definition) is 2. The third-order valence-electron chi connectivity index (χ3n) is 4.39. The largest absolute Gasteiger partial charge is 0.390 e. The first-order valence-corrected chi connectivity index (χ1v) is 7.90. The van der Waals surface area contributed by atoms with Gasteiger partial charge in [0.05, 0.1) is 23.4 Å². The molecule has 5 heteroatoms. The zero-order valence-electron chi connectivity index (χ0n) is 13.0. The van der Waals surface area contributed by atoms with Crippen LogP contribution in [0.25, 0.3) is 5.69 Å². The van der Waals surface area contributed by atoms with Crippen LogP contribution in [0, 0.1) is 0 Å². The molecule has 5 nitrogen and oxygen atoms in total. The van der Waals surface area contributed by atoms with E-state index in [1.165, 1.54) is 0 Å². The maximum absolute atomic E-state index is 12.8. The number of nitrogens with one attached hydrogen (secondary N) is 1. The molecule has 4 rings (SSSR count). The Morgan fingerprint density at radius 2 is 1.92 bits per heavy atom. The van der Waals surface area contributed by atoms with E-state index in [0.717, 1.165) is 11.1 Å². The summed E-state index contributed by atoms with van der Waals surface area (Å²) in [4.78, 5) is 12.8. The van der Waals surface area contributed by atoms with Crippen molar-refractivity contribution < 1.29 is 9.90 Å². The monoisotopic (exact) mass is 319 g/mol. The minimum atomic E-state index is -0.608. The van der Waals surface area contributed by atoms with Gasteiger partial charge in [0.25, 0.3) is 5.91 Å². The van der Waals surface area contributed by atoms with E-state index < -0.39 is 6.10 Å². The lowest BCUT2D eigenvalue weighted by molar-refractivity contribution is 0.0858. The van der Waals surface area contributed by atoms with Crippen LogP contribution in [0.15, 0.2) is 67.0 Å². The Labute approximate surface area is 139 Å². The van der Waals surface area contributed by atoms with Gasteiger partial charge in [-0.05, 0) is 29.3 Å². The number of hydrogen-bond acceptors (Lipinski definition) is 3. The van der Waals surface area contributed by atoms with Crippen LogP contribution >= 0.6 is 0 Å². The average Bonchev–Trinajstić information content (AvgIpc) is 3.24. The van der Waals surface area contributed by atoms with Crippen LogP contribution in [0.4, 0.5) is 0 Å². The molecule has 1 aliphatic rings. The molecular formula is C19H17N3O2.